The van der Waals surface area contributed by atoms with E-state index >= 15 is 0 Å². The number of pyridine rings is 1. The van der Waals surface area contributed by atoms with Crippen LogP contribution in [0.4, 0.5) is 5.69 Å². The summed E-state index contributed by atoms with van der Waals surface area (Å²) in [5.41, 5.74) is 8.29. The third-order valence-electron chi connectivity index (χ3n) is 7.48. The molecule has 3 aliphatic heterocycles. The second-order valence-electron chi connectivity index (χ2n) is 9.95. The van der Waals surface area contributed by atoms with E-state index in [9.17, 15) is 0 Å². The second-order valence-corrected chi connectivity index (χ2v) is 9.95. The van der Waals surface area contributed by atoms with Crippen molar-refractivity contribution in [2.24, 2.45) is 0 Å². The molecule has 3 aliphatic rings. The number of anilines is 1. The lowest BCUT2D eigenvalue weighted by atomic mass is 9.92. The first-order valence-electron chi connectivity index (χ1n) is 12.0. The molecular formula is C26H37N5. The number of aryl methyl sites for hydroxylation is 2. The van der Waals surface area contributed by atoms with E-state index in [4.69, 9.17) is 0 Å². The van der Waals surface area contributed by atoms with Crippen LogP contribution in [0.2, 0.25) is 0 Å². The largest absolute Gasteiger partial charge is 0.368 e. The highest BCUT2D eigenvalue weighted by atomic mass is 15.3. The average molecular weight is 420 g/mol. The Morgan fingerprint density at radius 1 is 1.19 bits per heavy atom. The van der Waals surface area contributed by atoms with Gasteiger partial charge in [0.15, 0.2) is 0 Å². The number of nitrogens with zero attached hydrogens (tertiary/aromatic N) is 4. The number of benzene rings is 1. The molecule has 0 aliphatic carbocycles. The zero-order chi connectivity index (χ0) is 21.4. The maximum Gasteiger partial charge on any atom is 0.0573 e. The molecule has 0 amide bonds. The zero-order valence-electron chi connectivity index (χ0n) is 19.4. The molecule has 0 radical (unpaired) electrons. The maximum atomic E-state index is 4.68. The first-order valence-corrected chi connectivity index (χ1v) is 12.0. The highest BCUT2D eigenvalue weighted by Crippen LogP contribution is 2.32. The van der Waals surface area contributed by atoms with Gasteiger partial charge in [0.05, 0.1) is 5.69 Å². The van der Waals surface area contributed by atoms with Gasteiger partial charge in [-0.1, -0.05) is 18.2 Å². The molecule has 5 rings (SSSR count). The van der Waals surface area contributed by atoms with E-state index in [0.29, 0.717) is 6.04 Å². The van der Waals surface area contributed by atoms with Crippen molar-refractivity contribution >= 4 is 5.69 Å². The molecular weight excluding hydrogens is 382 g/mol. The van der Waals surface area contributed by atoms with Crippen LogP contribution in [-0.2, 0) is 19.5 Å². The summed E-state index contributed by atoms with van der Waals surface area (Å²) in [6, 6.07) is 10.4. The van der Waals surface area contributed by atoms with Crippen molar-refractivity contribution < 1.29 is 0 Å². The molecule has 2 fully saturated rings. The standard InChI is InChI=1S/C26H37N5/c1-19-12-20(2)25(28-14-19)18-29(3)16-22-13-24-21(15-27-22)6-4-8-26(24)31-11-10-30-9-5-7-23(30)17-31/h4,6,8,12,14,22-23,27H,5,7,9-11,13,15-18H2,1-3H3/t22-,23?/m1/s1. The average Bonchev–Trinajstić information content (AvgIpc) is 3.23. The fraction of sp³-hybridized carbons (Fsp3) is 0.577. The van der Waals surface area contributed by atoms with Crippen LogP contribution in [-0.4, -0.2) is 66.6 Å². The van der Waals surface area contributed by atoms with Crippen LogP contribution in [0.3, 0.4) is 0 Å². The molecule has 1 N–H and O–H groups in total. The fourth-order valence-electron chi connectivity index (χ4n) is 5.84. The molecule has 5 nitrogen and oxygen atoms in total. The lowest BCUT2D eigenvalue weighted by Gasteiger charge is -2.41. The van der Waals surface area contributed by atoms with Gasteiger partial charge in [-0.05, 0) is 75.0 Å². The zero-order valence-corrected chi connectivity index (χ0v) is 19.4. The first kappa shape index (κ1) is 20.9. The number of nitrogens with one attached hydrogen (secondary N) is 1. The summed E-state index contributed by atoms with van der Waals surface area (Å²) < 4.78 is 0. The van der Waals surface area contributed by atoms with Crippen molar-refractivity contribution in [3.05, 3.63) is 58.4 Å². The summed E-state index contributed by atoms with van der Waals surface area (Å²) >= 11 is 0. The Balaban J connectivity index is 1.26. The smallest absolute Gasteiger partial charge is 0.0573 e. The van der Waals surface area contributed by atoms with E-state index in [2.05, 4.69) is 70.2 Å². The highest BCUT2D eigenvalue weighted by Gasteiger charge is 2.32. The number of hydrogen-bond donors (Lipinski definition) is 1. The number of aromatic nitrogens is 1. The van der Waals surface area contributed by atoms with E-state index in [0.717, 1.165) is 32.1 Å². The lowest BCUT2D eigenvalue weighted by molar-refractivity contribution is 0.230. The number of piperazine rings is 1. The number of hydrogen-bond acceptors (Lipinski definition) is 5. The topological polar surface area (TPSA) is 34.6 Å². The van der Waals surface area contributed by atoms with E-state index in [1.165, 1.54) is 67.1 Å². The van der Waals surface area contributed by atoms with Gasteiger partial charge >= 0.3 is 0 Å². The van der Waals surface area contributed by atoms with Crippen LogP contribution in [0.1, 0.15) is 40.8 Å². The van der Waals surface area contributed by atoms with Crippen molar-refractivity contribution in [3.63, 3.8) is 0 Å². The van der Waals surface area contributed by atoms with Crippen molar-refractivity contribution in [1.82, 2.24) is 20.1 Å². The molecule has 1 unspecified atom stereocenters. The summed E-state index contributed by atoms with van der Waals surface area (Å²) in [4.78, 5) is 12.5. The molecule has 4 heterocycles. The van der Waals surface area contributed by atoms with Crippen LogP contribution in [0, 0.1) is 13.8 Å². The summed E-state index contributed by atoms with van der Waals surface area (Å²) in [6.07, 6.45) is 5.84. The minimum atomic E-state index is 0.483. The predicted octanol–water partition coefficient (Wildman–Crippen LogP) is 3.13. The summed E-state index contributed by atoms with van der Waals surface area (Å²) in [5, 5.41) is 3.79. The Morgan fingerprint density at radius 2 is 2.10 bits per heavy atom. The lowest BCUT2D eigenvalue weighted by Crippen LogP contribution is -2.51. The summed E-state index contributed by atoms with van der Waals surface area (Å²) in [5.74, 6) is 0. The first-order chi connectivity index (χ1) is 15.1. The normalized spacial score (nSPS) is 23.8. The van der Waals surface area contributed by atoms with Gasteiger partial charge < -0.3 is 10.2 Å². The molecule has 1 aromatic heterocycles. The Morgan fingerprint density at radius 3 is 2.97 bits per heavy atom. The van der Waals surface area contributed by atoms with Gasteiger partial charge in [-0.3, -0.25) is 14.8 Å². The molecule has 0 spiro atoms. The molecule has 31 heavy (non-hydrogen) atoms. The Labute approximate surface area is 187 Å². The van der Waals surface area contributed by atoms with E-state index in [-0.39, 0.29) is 0 Å². The van der Waals surface area contributed by atoms with Gasteiger partial charge in [0, 0.05) is 63.2 Å². The van der Waals surface area contributed by atoms with Crippen LogP contribution in [0.25, 0.3) is 0 Å². The summed E-state index contributed by atoms with van der Waals surface area (Å²) in [7, 11) is 2.23. The van der Waals surface area contributed by atoms with Gasteiger partial charge in [0.1, 0.15) is 0 Å². The van der Waals surface area contributed by atoms with Crippen LogP contribution < -0.4 is 10.2 Å². The van der Waals surface area contributed by atoms with Crippen molar-refractivity contribution in [2.45, 2.75) is 58.3 Å². The van der Waals surface area contributed by atoms with Crippen LogP contribution in [0.15, 0.2) is 30.5 Å². The third kappa shape index (κ3) is 4.50. The van der Waals surface area contributed by atoms with Crippen LogP contribution >= 0.6 is 0 Å². The quantitative estimate of drug-likeness (QED) is 0.806. The van der Waals surface area contributed by atoms with E-state index in [1.807, 2.05) is 6.20 Å². The molecule has 2 aromatic rings. The third-order valence-corrected chi connectivity index (χ3v) is 7.48. The second kappa shape index (κ2) is 8.89. The molecule has 2 saturated heterocycles. The SMILES string of the molecule is Cc1cnc(CN(C)C[C@H]2Cc3c(cccc3N3CCN4CCCC4C3)CN2)c(C)c1. The van der Waals surface area contributed by atoms with Crippen molar-refractivity contribution in [2.75, 3.05) is 44.7 Å². The van der Waals surface area contributed by atoms with E-state index < -0.39 is 0 Å². The Bertz CT molecular complexity index is 926. The van der Waals surface area contributed by atoms with Gasteiger partial charge in [-0.25, -0.2) is 0 Å². The molecule has 0 saturated carbocycles. The van der Waals surface area contributed by atoms with Gasteiger partial charge in [0.25, 0.3) is 0 Å². The molecule has 166 valence electrons. The molecule has 1 aromatic carbocycles. The van der Waals surface area contributed by atoms with E-state index in [1.54, 1.807) is 5.56 Å². The molecule has 5 heteroatoms. The predicted molar refractivity (Wildman–Crippen MR) is 128 cm³/mol. The Hall–Kier alpha value is -1.95. The van der Waals surface area contributed by atoms with Gasteiger partial charge in [-0.2, -0.15) is 0 Å². The van der Waals surface area contributed by atoms with Crippen molar-refractivity contribution in [3.8, 4) is 0 Å². The van der Waals surface area contributed by atoms with Gasteiger partial charge in [0.2, 0.25) is 0 Å². The van der Waals surface area contributed by atoms with Crippen molar-refractivity contribution in [1.29, 1.82) is 0 Å². The number of rotatable bonds is 5. The maximum absolute atomic E-state index is 4.68. The number of likely N-dealkylation sites (N-methyl/N-ethyl adjacent to an activating group) is 1. The minimum absolute atomic E-state index is 0.483. The van der Waals surface area contributed by atoms with Gasteiger partial charge in [-0.15, -0.1) is 0 Å². The summed E-state index contributed by atoms with van der Waals surface area (Å²) in [6.45, 7) is 12.1. The van der Waals surface area contributed by atoms with Crippen LogP contribution in [0.5, 0.6) is 0 Å². The molecule has 0 bridgehead atoms. The number of fused-ring (bicyclic) bond motifs is 2. The molecule has 2 atom stereocenters. The minimum Gasteiger partial charge on any atom is -0.368 e. The highest BCUT2D eigenvalue weighted by molar-refractivity contribution is 5.58. The monoisotopic (exact) mass is 419 g/mol. The Kier molecular flexibility index (Phi) is 6.00. The fourth-order valence-corrected chi connectivity index (χ4v) is 5.84.